The van der Waals surface area contributed by atoms with E-state index >= 15 is 0 Å². The van der Waals surface area contributed by atoms with Gasteiger partial charge in [-0.3, -0.25) is 10.1 Å². The highest BCUT2D eigenvalue weighted by molar-refractivity contribution is 7.98. The largest absolute Gasteiger partial charge is 0.387 e. The zero-order valence-electron chi connectivity index (χ0n) is 19.3. The van der Waals surface area contributed by atoms with Crippen molar-refractivity contribution in [1.29, 1.82) is 0 Å². The topological polar surface area (TPSA) is 90.7 Å². The molecule has 0 aliphatic carbocycles. The number of aliphatic hydroxyl groups is 1. The lowest BCUT2D eigenvalue weighted by molar-refractivity contribution is -0.404. The van der Waals surface area contributed by atoms with Crippen LogP contribution in [0.4, 0.5) is 0 Å². The normalized spacial score (nSPS) is 12.8. The van der Waals surface area contributed by atoms with Crippen LogP contribution in [0.3, 0.4) is 0 Å². The molecule has 1 aromatic carbocycles. The molecule has 0 spiro atoms. The second-order valence-corrected chi connectivity index (χ2v) is 10.2. The first kappa shape index (κ1) is 26.2. The Labute approximate surface area is 199 Å². The highest BCUT2D eigenvalue weighted by atomic mass is 32.2. The molecule has 0 amide bonds. The number of thiophene rings is 1. The van der Waals surface area contributed by atoms with E-state index in [1.54, 1.807) is 11.8 Å². The van der Waals surface area contributed by atoms with Gasteiger partial charge >= 0.3 is 0 Å². The second kappa shape index (κ2) is 13.5. The number of nitro groups is 1. The smallest absolute Gasteiger partial charge is 0.274 e. The molecule has 0 bridgehead atoms. The van der Waals surface area contributed by atoms with E-state index in [1.165, 1.54) is 15.3 Å². The molecule has 1 atom stereocenters. The summed E-state index contributed by atoms with van der Waals surface area (Å²) in [6.45, 7) is 5.95. The summed E-state index contributed by atoms with van der Waals surface area (Å²) in [7, 11) is 4.15. The quantitative estimate of drug-likeness (QED) is 0.215. The molecule has 0 radical (unpaired) electrons. The van der Waals surface area contributed by atoms with Crippen LogP contribution in [0.25, 0.3) is 0 Å². The molecule has 0 fully saturated rings. The predicted octanol–water partition coefficient (Wildman–Crippen LogP) is 3.90. The standard InChI is InChI=1S/C23H34N4O3S2/c1-5-18-7-6-8-19(12-18)21(28)13-25-23(15-27(29)30)24-9-10-31-16-20-11-17(2)22(32-20)14-26(3)4/h6-8,11-12,15,21,24-25,28H,5,9-10,13-14,16H2,1-4H3. The van der Waals surface area contributed by atoms with Gasteiger partial charge in [-0.15, -0.1) is 11.3 Å². The Balaban J connectivity index is 1.78. The Morgan fingerprint density at radius 2 is 2.12 bits per heavy atom. The lowest BCUT2D eigenvalue weighted by Crippen LogP contribution is -2.31. The van der Waals surface area contributed by atoms with Crippen LogP contribution in [0.2, 0.25) is 0 Å². The summed E-state index contributed by atoms with van der Waals surface area (Å²) in [4.78, 5) is 15.4. The van der Waals surface area contributed by atoms with E-state index < -0.39 is 11.0 Å². The number of aliphatic hydroxyl groups excluding tert-OH is 1. The summed E-state index contributed by atoms with van der Waals surface area (Å²) in [6, 6.07) is 10.0. The van der Waals surface area contributed by atoms with E-state index in [4.69, 9.17) is 0 Å². The zero-order valence-corrected chi connectivity index (χ0v) is 20.9. The van der Waals surface area contributed by atoms with Crippen molar-refractivity contribution in [2.75, 3.05) is 32.9 Å². The summed E-state index contributed by atoms with van der Waals surface area (Å²) in [6.07, 6.45) is 1.06. The number of nitrogens with zero attached hydrogens (tertiary/aromatic N) is 2. The van der Waals surface area contributed by atoms with Crippen LogP contribution in [0.1, 0.15) is 39.5 Å². The molecular weight excluding hydrogens is 444 g/mol. The minimum Gasteiger partial charge on any atom is -0.387 e. The molecule has 176 valence electrons. The van der Waals surface area contributed by atoms with E-state index in [-0.39, 0.29) is 6.54 Å². The fraction of sp³-hybridized carbons (Fsp3) is 0.478. The van der Waals surface area contributed by atoms with Gasteiger partial charge < -0.3 is 20.6 Å². The van der Waals surface area contributed by atoms with Gasteiger partial charge in [0.25, 0.3) is 6.20 Å². The number of benzene rings is 1. The molecule has 0 aliphatic heterocycles. The summed E-state index contributed by atoms with van der Waals surface area (Å²) < 4.78 is 0. The Bertz CT molecular complexity index is 899. The van der Waals surface area contributed by atoms with Crippen molar-refractivity contribution in [2.45, 2.75) is 38.7 Å². The first-order valence-corrected chi connectivity index (χ1v) is 12.7. The van der Waals surface area contributed by atoms with E-state index in [2.05, 4.69) is 49.5 Å². The molecule has 0 saturated heterocycles. The van der Waals surface area contributed by atoms with Crippen molar-refractivity contribution >= 4 is 23.1 Å². The molecule has 7 nitrogen and oxygen atoms in total. The molecule has 0 aliphatic rings. The second-order valence-electron chi connectivity index (χ2n) is 7.86. The average molecular weight is 479 g/mol. The van der Waals surface area contributed by atoms with Crippen molar-refractivity contribution < 1.29 is 10.0 Å². The molecular formula is C23H34N4O3S2. The van der Waals surface area contributed by atoms with Gasteiger partial charge in [0.1, 0.15) is 0 Å². The van der Waals surface area contributed by atoms with Crippen molar-refractivity contribution in [2.24, 2.45) is 0 Å². The van der Waals surface area contributed by atoms with Crippen LogP contribution < -0.4 is 10.6 Å². The molecule has 32 heavy (non-hydrogen) atoms. The van der Waals surface area contributed by atoms with Gasteiger partial charge in [0.15, 0.2) is 5.82 Å². The SMILES string of the molecule is CCc1cccc(C(O)CNC(=C[N+](=O)[O-])NCCSCc2cc(C)c(CN(C)C)s2)c1. The number of aryl methyl sites for hydroxylation is 2. The number of hydrogen-bond donors (Lipinski definition) is 3. The van der Waals surface area contributed by atoms with Crippen LogP contribution >= 0.6 is 23.1 Å². The van der Waals surface area contributed by atoms with Gasteiger partial charge in [-0.1, -0.05) is 31.2 Å². The molecule has 9 heteroatoms. The van der Waals surface area contributed by atoms with Crippen LogP contribution in [-0.2, 0) is 18.7 Å². The van der Waals surface area contributed by atoms with Gasteiger partial charge in [0, 0.05) is 40.9 Å². The van der Waals surface area contributed by atoms with E-state index in [9.17, 15) is 15.2 Å². The number of rotatable bonds is 14. The molecule has 2 rings (SSSR count). The van der Waals surface area contributed by atoms with Crippen LogP contribution in [0, 0.1) is 17.0 Å². The maximum Gasteiger partial charge on any atom is 0.274 e. The van der Waals surface area contributed by atoms with Gasteiger partial charge in [-0.2, -0.15) is 11.8 Å². The third kappa shape index (κ3) is 9.20. The number of thioether (sulfide) groups is 1. The third-order valence-electron chi connectivity index (χ3n) is 4.80. The van der Waals surface area contributed by atoms with E-state index in [0.29, 0.717) is 12.4 Å². The Morgan fingerprint density at radius 3 is 2.81 bits per heavy atom. The van der Waals surface area contributed by atoms with Crippen molar-refractivity contribution in [3.63, 3.8) is 0 Å². The van der Waals surface area contributed by atoms with Crippen LogP contribution in [0.15, 0.2) is 42.4 Å². The molecule has 2 aromatic rings. The summed E-state index contributed by atoms with van der Waals surface area (Å²) in [5, 5.41) is 27.5. The molecule has 1 heterocycles. The first-order chi connectivity index (χ1) is 15.3. The van der Waals surface area contributed by atoms with Gasteiger partial charge in [0.05, 0.1) is 11.0 Å². The van der Waals surface area contributed by atoms with Gasteiger partial charge in [0.2, 0.25) is 0 Å². The maximum absolute atomic E-state index is 11.0. The summed E-state index contributed by atoms with van der Waals surface area (Å²) >= 11 is 3.64. The van der Waals surface area contributed by atoms with Crippen LogP contribution in [0.5, 0.6) is 0 Å². The summed E-state index contributed by atoms with van der Waals surface area (Å²) in [5.74, 6) is 2.05. The minimum absolute atomic E-state index is 0.191. The fourth-order valence-electron chi connectivity index (χ4n) is 3.14. The first-order valence-electron chi connectivity index (χ1n) is 10.7. The maximum atomic E-state index is 11.0. The molecule has 3 N–H and O–H groups in total. The molecule has 0 saturated carbocycles. The Morgan fingerprint density at radius 1 is 1.34 bits per heavy atom. The average Bonchev–Trinajstić information content (AvgIpc) is 3.09. The Kier molecular flexibility index (Phi) is 11.0. The zero-order chi connectivity index (χ0) is 23.5. The van der Waals surface area contributed by atoms with E-state index in [1.807, 2.05) is 35.6 Å². The van der Waals surface area contributed by atoms with Crippen molar-refractivity contribution in [1.82, 2.24) is 15.5 Å². The van der Waals surface area contributed by atoms with Gasteiger partial charge in [-0.05, 0) is 50.2 Å². The lowest BCUT2D eigenvalue weighted by Gasteiger charge is -2.16. The highest BCUT2D eigenvalue weighted by Crippen LogP contribution is 2.26. The third-order valence-corrected chi connectivity index (χ3v) is 7.21. The molecule has 1 aromatic heterocycles. The fourth-order valence-corrected chi connectivity index (χ4v) is 5.40. The van der Waals surface area contributed by atoms with Crippen molar-refractivity contribution in [3.05, 3.63) is 78.9 Å². The number of nitrogens with one attached hydrogen (secondary N) is 2. The van der Waals surface area contributed by atoms with Gasteiger partial charge in [-0.25, -0.2) is 0 Å². The molecule has 1 unspecified atom stereocenters. The Hall–Kier alpha value is -2.07. The predicted molar refractivity (Wildman–Crippen MR) is 134 cm³/mol. The summed E-state index contributed by atoms with van der Waals surface area (Å²) in [5.41, 5.74) is 3.28. The van der Waals surface area contributed by atoms with E-state index in [0.717, 1.165) is 41.8 Å². The van der Waals surface area contributed by atoms with Crippen molar-refractivity contribution in [3.8, 4) is 0 Å². The monoisotopic (exact) mass is 478 g/mol. The van der Waals surface area contributed by atoms with Crippen LogP contribution in [-0.4, -0.2) is 47.9 Å². The lowest BCUT2D eigenvalue weighted by atomic mass is 10.0. The highest BCUT2D eigenvalue weighted by Gasteiger charge is 2.11. The minimum atomic E-state index is -0.744. The number of hydrogen-bond acceptors (Lipinski definition) is 8.